The maximum atomic E-state index is 14.3. The van der Waals surface area contributed by atoms with E-state index < -0.39 is 41.3 Å². The van der Waals surface area contributed by atoms with E-state index in [2.05, 4.69) is 25.9 Å². The highest BCUT2D eigenvalue weighted by Crippen LogP contribution is 2.43. The molecule has 5 amide bonds. The molecule has 2 saturated carbocycles. The van der Waals surface area contributed by atoms with Gasteiger partial charge in [-0.05, 0) is 55.3 Å². The lowest BCUT2D eigenvalue weighted by Gasteiger charge is -2.38. The highest BCUT2D eigenvalue weighted by Gasteiger charge is 2.52. The number of amides is 5. The first-order chi connectivity index (χ1) is 20.0. The summed E-state index contributed by atoms with van der Waals surface area (Å²) in [6, 6.07) is -2.54. The van der Waals surface area contributed by atoms with Crippen LogP contribution in [-0.2, 0) is 19.2 Å². The van der Waals surface area contributed by atoms with Crippen LogP contribution in [0, 0.1) is 23.2 Å². The molecule has 3 fully saturated rings. The molecule has 11 heteroatoms. The van der Waals surface area contributed by atoms with Crippen LogP contribution < -0.4 is 16.0 Å². The SMILES string of the molecule is CCCC(=O)NC(=O)[C@@H]1[C@H]2CCCC2CN1C(=O)[C@@H](NC(=O)[C@@H](NC(=O)c1cnccn1)C1CCCCC1)C(C)(C)C. The van der Waals surface area contributed by atoms with Crippen LogP contribution in [0.5, 0.6) is 0 Å². The zero-order valence-corrected chi connectivity index (χ0v) is 25.4. The first-order valence-corrected chi connectivity index (χ1v) is 15.5. The van der Waals surface area contributed by atoms with E-state index in [9.17, 15) is 24.0 Å². The molecule has 1 unspecified atom stereocenters. The van der Waals surface area contributed by atoms with Crippen molar-refractivity contribution in [3.63, 3.8) is 0 Å². The molecule has 0 aromatic carbocycles. The minimum absolute atomic E-state index is 0.0130. The van der Waals surface area contributed by atoms with Gasteiger partial charge >= 0.3 is 0 Å². The number of aromatic nitrogens is 2. The van der Waals surface area contributed by atoms with Gasteiger partial charge in [-0.25, -0.2) is 4.98 Å². The molecular weight excluding hydrogens is 536 g/mol. The van der Waals surface area contributed by atoms with Crippen molar-refractivity contribution in [2.75, 3.05) is 6.54 Å². The molecule has 1 aromatic heterocycles. The van der Waals surface area contributed by atoms with Crippen LogP contribution in [0.1, 0.15) is 102 Å². The first kappa shape index (κ1) is 31.6. The van der Waals surface area contributed by atoms with Gasteiger partial charge < -0.3 is 15.5 Å². The predicted molar refractivity (Wildman–Crippen MR) is 156 cm³/mol. The molecule has 42 heavy (non-hydrogen) atoms. The molecule has 2 heterocycles. The van der Waals surface area contributed by atoms with E-state index in [0.717, 1.165) is 51.4 Å². The third kappa shape index (κ3) is 7.33. The van der Waals surface area contributed by atoms with Crippen molar-refractivity contribution in [2.45, 2.75) is 110 Å². The van der Waals surface area contributed by atoms with Gasteiger partial charge in [0.15, 0.2) is 0 Å². The number of likely N-dealkylation sites (tertiary alicyclic amines) is 1. The molecule has 5 atom stereocenters. The Morgan fingerprint density at radius 2 is 1.71 bits per heavy atom. The monoisotopic (exact) mass is 582 g/mol. The standard InChI is InChI=1S/C31H46N6O5/c1-5-10-23(38)34-29(41)25-21-14-9-13-20(21)18-37(25)30(42)26(31(2,3)4)36-28(40)24(19-11-7-6-8-12-19)35-27(39)22-17-32-15-16-33-22/h15-17,19-21,24-26H,5-14,18H2,1-4H3,(H,35,39)(H,36,40)(H,34,38,41)/t20?,21-,24-,25-,26+/m0/s1. The maximum absolute atomic E-state index is 14.3. The van der Waals surface area contributed by atoms with Crippen LogP contribution in [0.2, 0.25) is 0 Å². The summed E-state index contributed by atoms with van der Waals surface area (Å²) >= 11 is 0. The Bertz CT molecular complexity index is 1150. The van der Waals surface area contributed by atoms with Crippen molar-refractivity contribution < 1.29 is 24.0 Å². The Morgan fingerprint density at radius 3 is 2.36 bits per heavy atom. The summed E-state index contributed by atoms with van der Waals surface area (Å²) < 4.78 is 0. The number of carbonyl (C=O) groups is 5. The molecule has 230 valence electrons. The van der Waals surface area contributed by atoms with Crippen LogP contribution in [-0.4, -0.2) is 69.1 Å². The minimum Gasteiger partial charge on any atom is -0.342 e. The van der Waals surface area contributed by atoms with E-state index in [4.69, 9.17) is 0 Å². The number of nitrogens with zero attached hydrogens (tertiary/aromatic N) is 3. The molecule has 0 bridgehead atoms. The summed E-state index contributed by atoms with van der Waals surface area (Å²) in [5.74, 6) is -1.94. The van der Waals surface area contributed by atoms with Gasteiger partial charge in [-0.3, -0.25) is 34.3 Å². The second-order valence-electron chi connectivity index (χ2n) is 13.2. The minimum atomic E-state index is -0.940. The topological polar surface area (TPSA) is 150 Å². The van der Waals surface area contributed by atoms with Crippen LogP contribution in [0.3, 0.4) is 0 Å². The van der Waals surface area contributed by atoms with E-state index >= 15 is 0 Å². The lowest BCUT2D eigenvalue weighted by Crippen LogP contribution is -2.62. The Kier molecular flexibility index (Phi) is 10.3. The molecule has 1 aliphatic heterocycles. The lowest BCUT2D eigenvalue weighted by atomic mass is 9.82. The largest absolute Gasteiger partial charge is 0.342 e. The zero-order valence-electron chi connectivity index (χ0n) is 25.4. The summed E-state index contributed by atoms with van der Waals surface area (Å²) in [5.41, 5.74) is -0.570. The van der Waals surface area contributed by atoms with Gasteiger partial charge in [0.25, 0.3) is 5.91 Å². The number of nitrogens with one attached hydrogen (secondary N) is 3. The quantitative estimate of drug-likeness (QED) is 0.405. The fourth-order valence-electron chi connectivity index (χ4n) is 6.91. The van der Waals surface area contributed by atoms with E-state index in [1.54, 1.807) is 4.90 Å². The van der Waals surface area contributed by atoms with E-state index in [1.807, 2.05) is 27.7 Å². The van der Waals surface area contributed by atoms with Crippen molar-refractivity contribution in [2.24, 2.45) is 23.2 Å². The Balaban J connectivity index is 1.56. The summed E-state index contributed by atoms with van der Waals surface area (Å²) in [6.45, 7) is 7.91. The van der Waals surface area contributed by atoms with Crippen LogP contribution in [0.15, 0.2) is 18.6 Å². The molecule has 4 rings (SSSR count). The predicted octanol–water partition coefficient (Wildman–Crippen LogP) is 2.76. The van der Waals surface area contributed by atoms with Gasteiger partial charge in [-0.1, -0.05) is 53.4 Å². The van der Waals surface area contributed by atoms with Crippen molar-refractivity contribution in [3.05, 3.63) is 24.3 Å². The van der Waals surface area contributed by atoms with Gasteiger partial charge in [-0.15, -0.1) is 0 Å². The van der Waals surface area contributed by atoms with E-state index in [0.29, 0.717) is 13.0 Å². The lowest BCUT2D eigenvalue weighted by molar-refractivity contribution is -0.146. The summed E-state index contributed by atoms with van der Waals surface area (Å²) in [5, 5.41) is 8.40. The van der Waals surface area contributed by atoms with Crippen molar-refractivity contribution >= 4 is 29.5 Å². The van der Waals surface area contributed by atoms with Crippen LogP contribution >= 0.6 is 0 Å². The number of fused-ring (bicyclic) bond motifs is 1. The molecule has 3 N–H and O–H groups in total. The fraction of sp³-hybridized carbons (Fsp3) is 0.710. The number of hydrogen-bond donors (Lipinski definition) is 3. The molecule has 0 spiro atoms. The highest BCUT2D eigenvalue weighted by molar-refractivity contribution is 6.01. The van der Waals surface area contributed by atoms with Gasteiger partial charge in [0.05, 0.1) is 6.20 Å². The normalized spacial score (nSPS) is 23.9. The summed E-state index contributed by atoms with van der Waals surface area (Å²) in [4.78, 5) is 76.6. The van der Waals surface area contributed by atoms with Crippen molar-refractivity contribution in [1.29, 1.82) is 0 Å². The average Bonchev–Trinajstić information content (AvgIpc) is 3.56. The summed E-state index contributed by atoms with van der Waals surface area (Å²) in [6.07, 6.45) is 12.4. The van der Waals surface area contributed by atoms with Crippen molar-refractivity contribution in [1.82, 2.24) is 30.8 Å². The maximum Gasteiger partial charge on any atom is 0.272 e. The molecule has 0 radical (unpaired) electrons. The van der Waals surface area contributed by atoms with Crippen molar-refractivity contribution in [3.8, 4) is 0 Å². The molecule has 3 aliphatic rings. The number of carbonyl (C=O) groups excluding carboxylic acids is 5. The van der Waals surface area contributed by atoms with Crippen LogP contribution in [0.4, 0.5) is 0 Å². The van der Waals surface area contributed by atoms with Gasteiger partial charge in [0.2, 0.25) is 23.6 Å². The number of imide groups is 1. The molecule has 1 aromatic rings. The van der Waals surface area contributed by atoms with Gasteiger partial charge in [-0.2, -0.15) is 0 Å². The third-order valence-electron chi connectivity index (χ3n) is 9.07. The van der Waals surface area contributed by atoms with Gasteiger partial charge in [0, 0.05) is 25.4 Å². The number of hydrogen-bond acceptors (Lipinski definition) is 7. The molecule has 2 aliphatic carbocycles. The Labute approximate surface area is 248 Å². The molecule has 11 nitrogen and oxygen atoms in total. The summed E-state index contributed by atoms with van der Waals surface area (Å²) in [7, 11) is 0. The Hall–Kier alpha value is -3.37. The van der Waals surface area contributed by atoms with E-state index in [-0.39, 0.29) is 41.7 Å². The third-order valence-corrected chi connectivity index (χ3v) is 9.07. The highest BCUT2D eigenvalue weighted by atomic mass is 16.2. The number of rotatable bonds is 9. The second kappa shape index (κ2) is 13.7. The van der Waals surface area contributed by atoms with Crippen LogP contribution in [0.25, 0.3) is 0 Å². The second-order valence-corrected chi connectivity index (χ2v) is 13.2. The average molecular weight is 583 g/mol. The van der Waals surface area contributed by atoms with Gasteiger partial charge in [0.1, 0.15) is 23.8 Å². The molecular formula is C31H46N6O5. The smallest absolute Gasteiger partial charge is 0.272 e. The fourth-order valence-corrected chi connectivity index (χ4v) is 6.91. The molecule has 1 saturated heterocycles. The first-order valence-electron chi connectivity index (χ1n) is 15.5. The Morgan fingerprint density at radius 1 is 0.976 bits per heavy atom. The zero-order chi connectivity index (χ0) is 30.4. The van der Waals surface area contributed by atoms with E-state index in [1.165, 1.54) is 18.6 Å².